The molecule has 110 valence electrons. The number of ether oxygens (including phenoxy) is 1. The standard InChI is InChI=1S/C13H14ClF2NO3/c1-2-20-12(18)4-3-5-17-13(19)8-6-10(15)11(16)7-9(8)14/h6-7H,2-5H2,1H3,(H,17,19). The van der Waals surface area contributed by atoms with E-state index < -0.39 is 17.5 Å². The summed E-state index contributed by atoms with van der Waals surface area (Å²) < 4.78 is 30.6. The predicted molar refractivity (Wildman–Crippen MR) is 69.6 cm³/mol. The largest absolute Gasteiger partial charge is 0.466 e. The Kier molecular flexibility index (Phi) is 6.38. The van der Waals surface area contributed by atoms with E-state index in [1.54, 1.807) is 6.92 Å². The fraction of sp³-hybridized carbons (Fsp3) is 0.385. The van der Waals surface area contributed by atoms with E-state index in [-0.39, 0.29) is 29.5 Å². The first-order chi connectivity index (χ1) is 9.45. The molecule has 4 nitrogen and oxygen atoms in total. The van der Waals surface area contributed by atoms with Gasteiger partial charge < -0.3 is 10.1 Å². The molecule has 20 heavy (non-hydrogen) atoms. The molecule has 0 unspecified atom stereocenters. The SMILES string of the molecule is CCOC(=O)CCCNC(=O)c1cc(F)c(F)cc1Cl. The van der Waals surface area contributed by atoms with Gasteiger partial charge in [0.05, 0.1) is 17.2 Å². The summed E-state index contributed by atoms with van der Waals surface area (Å²) in [6.07, 6.45) is 0.547. The van der Waals surface area contributed by atoms with Crippen LogP contribution in [0.15, 0.2) is 12.1 Å². The molecule has 0 aliphatic carbocycles. The third-order valence-electron chi connectivity index (χ3n) is 2.40. The number of carbonyl (C=O) groups is 2. The van der Waals surface area contributed by atoms with Crippen LogP contribution in [0.4, 0.5) is 8.78 Å². The minimum atomic E-state index is -1.15. The Bertz CT molecular complexity index is 509. The highest BCUT2D eigenvalue weighted by Crippen LogP contribution is 2.19. The zero-order valence-corrected chi connectivity index (χ0v) is 11.6. The van der Waals surface area contributed by atoms with Crippen LogP contribution >= 0.6 is 11.6 Å². The maximum absolute atomic E-state index is 13.0. The fourth-order valence-electron chi connectivity index (χ4n) is 1.46. The molecule has 0 atom stereocenters. The van der Waals surface area contributed by atoms with Gasteiger partial charge in [0.2, 0.25) is 0 Å². The maximum atomic E-state index is 13.0. The van der Waals surface area contributed by atoms with Crippen molar-refractivity contribution in [2.75, 3.05) is 13.2 Å². The predicted octanol–water partition coefficient (Wildman–Crippen LogP) is 2.69. The lowest BCUT2D eigenvalue weighted by Gasteiger charge is -2.07. The number of benzene rings is 1. The van der Waals surface area contributed by atoms with Crippen LogP contribution in [0.2, 0.25) is 5.02 Å². The van der Waals surface area contributed by atoms with Crippen LogP contribution in [0.5, 0.6) is 0 Å². The van der Waals surface area contributed by atoms with Crippen molar-refractivity contribution in [1.29, 1.82) is 0 Å². The van der Waals surface area contributed by atoms with Crippen LogP contribution in [-0.2, 0) is 9.53 Å². The maximum Gasteiger partial charge on any atom is 0.305 e. The number of hydrogen-bond donors (Lipinski definition) is 1. The van der Waals surface area contributed by atoms with Crippen LogP contribution in [0.25, 0.3) is 0 Å². The minimum Gasteiger partial charge on any atom is -0.466 e. The van der Waals surface area contributed by atoms with Crippen LogP contribution in [0.3, 0.4) is 0 Å². The van der Waals surface area contributed by atoms with Crippen molar-refractivity contribution in [1.82, 2.24) is 5.32 Å². The topological polar surface area (TPSA) is 55.4 Å². The number of carbonyl (C=O) groups excluding carboxylic acids is 2. The molecule has 0 aliphatic rings. The van der Waals surface area contributed by atoms with Gasteiger partial charge in [-0.05, 0) is 25.5 Å². The van der Waals surface area contributed by atoms with E-state index in [2.05, 4.69) is 5.32 Å². The van der Waals surface area contributed by atoms with Crippen LogP contribution < -0.4 is 5.32 Å². The van der Waals surface area contributed by atoms with Crippen molar-refractivity contribution in [3.05, 3.63) is 34.4 Å². The Labute approximate surface area is 120 Å². The molecular formula is C13H14ClF2NO3. The van der Waals surface area contributed by atoms with E-state index in [1.807, 2.05) is 0 Å². The Balaban J connectivity index is 2.48. The van der Waals surface area contributed by atoms with Crippen LogP contribution in [-0.4, -0.2) is 25.0 Å². The summed E-state index contributed by atoms with van der Waals surface area (Å²) in [6.45, 7) is 2.20. The first-order valence-corrected chi connectivity index (χ1v) is 6.41. The summed E-state index contributed by atoms with van der Waals surface area (Å²) in [5.41, 5.74) is -0.151. The first-order valence-electron chi connectivity index (χ1n) is 6.04. The molecule has 0 saturated heterocycles. The van der Waals surface area contributed by atoms with Crippen LogP contribution in [0.1, 0.15) is 30.1 Å². The first kappa shape index (κ1) is 16.4. The average molecular weight is 306 g/mol. The number of hydrogen-bond acceptors (Lipinski definition) is 3. The molecule has 1 rings (SSSR count). The highest BCUT2D eigenvalue weighted by atomic mass is 35.5. The van der Waals surface area contributed by atoms with E-state index in [9.17, 15) is 18.4 Å². The molecule has 1 aromatic carbocycles. The van der Waals surface area contributed by atoms with Crippen molar-refractivity contribution < 1.29 is 23.1 Å². The lowest BCUT2D eigenvalue weighted by molar-refractivity contribution is -0.143. The molecule has 0 fully saturated rings. The summed E-state index contributed by atoms with van der Waals surface area (Å²) in [4.78, 5) is 22.7. The molecule has 7 heteroatoms. The molecule has 0 spiro atoms. The second-order valence-corrected chi connectivity index (χ2v) is 4.32. The summed E-state index contributed by atoms with van der Waals surface area (Å²) in [6, 6.07) is 1.47. The van der Waals surface area contributed by atoms with Crippen LogP contribution in [0, 0.1) is 11.6 Å². The van der Waals surface area contributed by atoms with Gasteiger partial charge in [-0.25, -0.2) is 8.78 Å². The second kappa shape index (κ2) is 7.79. The molecule has 0 saturated carbocycles. The van der Waals surface area contributed by atoms with Gasteiger partial charge in [0.15, 0.2) is 11.6 Å². The zero-order valence-electron chi connectivity index (χ0n) is 10.8. The summed E-state index contributed by atoms with van der Waals surface area (Å²) in [5.74, 6) is -3.25. The number of amides is 1. The third-order valence-corrected chi connectivity index (χ3v) is 2.72. The molecule has 1 amide bonds. The number of rotatable bonds is 6. The summed E-state index contributed by atoms with van der Waals surface area (Å²) >= 11 is 5.66. The van der Waals surface area contributed by atoms with E-state index in [0.29, 0.717) is 13.0 Å². The molecule has 0 bridgehead atoms. The molecular weight excluding hydrogens is 292 g/mol. The van der Waals surface area contributed by atoms with Crippen molar-refractivity contribution in [2.45, 2.75) is 19.8 Å². The van der Waals surface area contributed by atoms with Crippen molar-refractivity contribution >= 4 is 23.5 Å². The fourth-order valence-corrected chi connectivity index (χ4v) is 1.70. The highest BCUT2D eigenvalue weighted by Gasteiger charge is 2.14. The van der Waals surface area contributed by atoms with E-state index in [1.165, 1.54) is 0 Å². The number of esters is 1. The summed E-state index contributed by atoms with van der Waals surface area (Å²) in [7, 11) is 0. The third kappa shape index (κ3) is 4.77. The Morgan fingerprint density at radius 2 is 1.95 bits per heavy atom. The van der Waals surface area contributed by atoms with Crippen molar-refractivity contribution in [2.24, 2.45) is 0 Å². The van der Waals surface area contributed by atoms with Gasteiger partial charge in [0.1, 0.15) is 0 Å². The monoisotopic (exact) mass is 305 g/mol. The molecule has 0 radical (unpaired) electrons. The Morgan fingerprint density at radius 1 is 1.30 bits per heavy atom. The smallest absolute Gasteiger partial charge is 0.305 e. The van der Waals surface area contributed by atoms with Gasteiger partial charge in [-0.2, -0.15) is 0 Å². The molecule has 0 heterocycles. The average Bonchev–Trinajstić information content (AvgIpc) is 2.39. The Hall–Kier alpha value is -1.69. The van der Waals surface area contributed by atoms with Gasteiger partial charge in [-0.15, -0.1) is 0 Å². The van der Waals surface area contributed by atoms with Gasteiger partial charge in [-0.3, -0.25) is 9.59 Å². The van der Waals surface area contributed by atoms with Gasteiger partial charge in [0, 0.05) is 13.0 Å². The lowest BCUT2D eigenvalue weighted by atomic mass is 10.2. The zero-order chi connectivity index (χ0) is 15.1. The number of halogens is 3. The normalized spacial score (nSPS) is 10.2. The second-order valence-electron chi connectivity index (χ2n) is 3.91. The Morgan fingerprint density at radius 3 is 2.60 bits per heavy atom. The molecule has 1 aromatic rings. The van der Waals surface area contributed by atoms with Gasteiger partial charge >= 0.3 is 5.97 Å². The summed E-state index contributed by atoms with van der Waals surface area (Å²) in [5, 5.41) is 2.29. The van der Waals surface area contributed by atoms with E-state index in [0.717, 1.165) is 12.1 Å². The van der Waals surface area contributed by atoms with Crippen molar-refractivity contribution in [3.8, 4) is 0 Å². The van der Waals surface area contributed by atoms with Gasteiger partial charge in [-0.1, -0.05) is 11.6 Å². The minimum absolute atomic E-state index is 0.151. The quantitative estimate of drug-likeness (QED) is 0.499. The molecule has 0 aromatic heterocycles. The van der Waals surface area contributed by atoms with Crippen molar-refractivity contribution in [3.63, 3.8) is 0 Å². The number of nitrogens with one attached hydrogen (secondary N) is 1. The van der Waals surface area contributed by atoms with E-state index >= 15 is 0 Å². The lowest BCUT2D eigenvalue weighted by Crippen LogP contribution is -2.25. The highest BCUT2D eigenvalue weighted by molar-refractivity contribution is 6.33. The van der Waals surface area contributed by atoms with Gasteiger partial charge in [0.25, 0.3) is 5.91 Å². The molecule has 0 aliphatic heterocycles. The van der Waals surface area contributed by atoms with E-state index in [4.69, 9.17) is 16.3 Å². The molecule has 1 N–H and O–H groups in total.